The number of ether oxygens (including phenoxy) is 1. The van der Waals surface area contributed by atoms with Crippen LogP contribution in [0.3, 0.4) is 0 Å². The molecule has 0 saturated heterocycles. The van der Waals surface area contributed by atoms with E-state index in [-0.39, 0.29) is 5.82 Å². The zero-order valence-corrected chi connectivity index (χ0v) is 18.7. The lowest BCUT2D eigenvalue weighted by molar-refractivity contribution is 0.0544. The molecule has 8 heteroatoms. The van der Waals surface area contributed by atoms with E-state index in [4.69, 9.17) is 17.0 Å². The molecule has 0 atom stereocenters. The van der Waals surface area contributed by atoms with Gasteiger partial charge in [-0.25, -0.2) is 9.18 Å². The van der Waals surface area contributed by atoms with E-state index in [9.17, 15) is 9.18 Å². The summed E-state index contributed by atoms with van der Waals surface area (Å²) in [5, 5.41) is 7.42. The van der Waals surface area contributed by atoms with Crippen LogP contribution in [0.25, 0.3) is 10.9 Å². The average Bonchev–Trinajstić information content (AvgIpc) is 2.98. The lowest BCUT2D eigenvalue weighted by Gasteiger charge is -2.19. The predicted molar refractivity (Wildman–Crippen MR) is 121 cm³/mol. The number of thiocarbonyl (C=S) groups is 1. The topological polar surface area (TPSA) is 55.3 Å². The SMILES string of the molecule is CC(C)(C)OC(=O)n1cc(CNC(=S)Nc2ccc(F)cc2)c2cc(Br)ccc21. The smallest absolute Gasteiger partial charge is 0.419 e. The van der Waals surface area contributed by atoms with Crippen LogP contribution >= 0.6 is 28.1 Å². The molecule has 0 spiro atoms. The van der Waals surface area contributed by atoms with E-state index in [1.54, 1.807) is 18.3 Å². The van der Waals surface area contributed by atoms with Crippen LogP contribution in [0.2, 0.25) is 0 Å². The van der Waals surface area contributed by atoms with Crippen LogP contribution in [0.15, 0.2) is 53.1 Å². The van der Waals surface area contributed by atoms with Gasteiger partial charge in [-0.2, -0.15) is 0 Å². The Morgan fingerprint density at radius 3 is 2.55 bits per heavy atom. The van der Waals surface area contributed by atoms with Crippen molar-refractivity contribution in [2.45, 2.75) is 32.9 Å². The molecule has 0 saturated carbocycles. The number of nitrogens with zero attached hydrogens (tertiary/aromatic N) is 1. The summed E-state index contributed by atoms with van der Waals surface area (Å²) in [4.78, 5) is 12.6. The van der Waals surface area contributed by atoms with Crippen LogP contribution in [-0.4, -0.2) is 21.4 Å². The Hall–Kier alpha value is -2.45. The normalized spacial score (nSPS) is 11.3. The first-order chi connectivity index (χ1) is 13.6. The first-order valence-corrected chi connectivity index (χ1v) is 10.2. The fraction of sp³-hybridized carbons (Fsp3) is 0.238. The molecular formula is C21H21BrFN3O2S. The quantitative estimate of drug-likeness (QED) is 0.466. The number of aromatic nitrogens is 1. The molecule has 0 amide bonds. The molecular weight excluding hydrogens is 457 g/mol. The van der Waals surface area contributed by atoms with Crippen LogP contribution in [0, 0.1) is 5.82 Å². The Morgan fingerprint density at radius 2 is 1.90 bits per heavy atom. The highest BCUT2D eigenvalue weighted by molar-refractivity contribution is 9.10. The van der Waals surface area contributed by atoms with Crippen molar-refractivity contribution in [2.75, 3.05) is 5.32 Å². The monoisotopic (exact) mass is 477 g/mol. The molecule has 1 heterocycles. The summed E-state index contributed by atoms with van der Waals surface area (Å²) in [7, 11) is 0. The number of halogens is 2. The van der Waals surface area contributed by atoms with Gasteiger partial charge in [-0.1, -0.05) is 15.9 Å². The second kappa shape index (κ2) is 8.51. The van der Waals surface area contributed by atoms with Crippen molar-refractivity contribution < 1.29 is 13.9 Å². The number of hydrogen-bond donors (Lipinski definition) is 2. The number of rotatable bonds is 3. The Kier molecular flexibility index (Phi) is 6.24. The number of carbonyl (C=O) groups is 1. The van der Waals surface area contributed by atoms with Gasteiger partial charge in [-0.3, -0.25) is 4.57 Å². The number of fused-ring (bicyclic) bond motifs is 1. The van der Waals surface area contributed by atoms with Crippen molar-refractivity contribution in [3.05, 3.63) is 64.5 Å². The minimum atomic E-state index is -0.595. The van der Waals surface area contributed by atoms with E-state index in [0.29, 0.717) is 17.3 Å². The van der Waals surface area contributed by atoms with Gasteiger partial charge < -0.3 is 15.4 Å². The van der Waals surface area contributed by atoms with Crippen molar-refractivity contribution in [2.24, 2.45) is 0 Å². The summed E-state index contributed by atoms with van der Waals surface area (Å²) in [6.07, 6.45) is 1.31. The van der Waals surface area contributed by atoms with Gasteiger partial charge in [0.15, 0.2) is 5.11 Å². The van der Waals surface area contributed by atoms with E-state index >= 15 is 0 Å². The number of carbonyl (C=O) groups excluding carboxylic acids is 1. The van der Waals surface area contributed by atoms with Crippen LogP contribution in [0.1, 0.15) is 26.3 Å². The number of hydrogen-bond acceptors (Lipinski definition) is 3. The van der Waals surface area contributed by atoms with Crippen molar-refractivity contribution >= 4 is 55.9 Å². The molecule has 0 aliphatic carbocycles. The van der Waals surface area contributed by atoms with Gasteiger partial charge in [0.2, 0.25) is 0 Å². The maximum atomic E-state index is 13.0. The molecule has 2 aromatic carbocycles. The van der Waals surface area contributed by atoms with Crippen LogP contribution in [0.4, 0.5) is 14.9 Å². The van der Waals surface area contributed by atoms with Crippen molar-refractivity contribution in [1.29, 1.82) is 0 Å². The molecule has 1 aromatic heterocycles. The first kappa shape index (κ1) is 21.3. The van der Waals surface area contributed by atoms with Crippen LogP contribution in [0.5, 0.6) is 0 Å². The lowest BCUT2D eigenvalue weighted by atomic mass is 10.2. The van der Waals surface area contributed by atoms with Crippen LogP contribution < -0.4 is 10.6 Å². The third kappa shape index (κ3) is 5.55. The molecule has 5 nitrogen and oxygen atoms in total. The minimum Gasteiger partial charge on any atom is -0.443 e. The molecule has 0 radical (unpaired) electrons. The van der Waals surface area contributed by atoms with Gasteiger partial charge in [0.25, 0.3) is 0 Å². The van der Waals surface area contributed by atoms with E-state index < -0.39 is 11.7 Å². The molecule has 29 heavy (non-hydrogen) atoms. The molecule has 0 aliphatic rings. The zero-order valence-electron chi connectivity index (χ0n) is 16.3. The van der Waals surface area contributed by atoms with Crippen LogP contribution in [-0.2, 0) is 11.3 Å². The Bertz CT molecular complexity index is 1060. The van der Waals surface area contributed by atoms with E-state index in [1.807, 2.05) is 39.0 Å². The maximum absolute atomic E-state index is 13.0. The van der Waals surface area contributed by atoms with Gasteiger partial charge >= 0.3 is 6.09 Å². The van der Waals surface area contributed by atoms with Gasteiger partial charge in [0.1, 0.15) is 11.4 Å². The second-order valence-electron chi connectivity index (χ2n) is 7.48. The standard InChI is InChI=1S/C21H21BrFN3O2S/c1-21(2,3)28-20(27)26-12-13(17-10-14(22)4-9-18(17)26)11-24-19(29)25-16-7-5-15(23)6-8-16/h4-10,12H,11H2,1-3H3,(H2,24,25,29). The van der Waals surface area contributed by atoms with Crippen molar-refractivity contribution in [1.82, 2.24) is 9.88 Å². The third-order valence-electron chi connectivity index (χ3n) is 3.98. The van der Waals surface area contributed by atoms with Crippen molar-refractivity contribution in [3.8, 4) is 0 Å². The molecule has 0 unspecified atom stereocenters. The summed E-state index contributed by atoms with van der Waals surface area (Å²) in [6.45, 7) is 5.88. The first-order valence-electron chi connectivity index (χ1n) is 8.96. The molecule has 0 bridgehead atoms. The number of benzene rings is 2. The largest absolute Gasteiger partial charge is 0.443 e. The Morgan fingerprint density at radius 1 is 1.21 bits per heavy atom. The fourth-order valence-electron chi connectivity index (χ4n) is 2.76. The Balaban J connectivity index is 1.79. The zero-order chi connectivity index (χ0) is 21.2. The summed E-state index contributed by atoms with van der Waals surface area (Å²) < 4.78 is 20.9. The highest BCUT2D eigenvalue weighted by atomic mass is 79.9. The van der Waals surface area contributed by atoms with Crippen molar-refractivity contribution in [3.63, 3.8) is 0 Å². The summed E-state index contributed by atoms with van der Waals surface area (Å²) in [5.74, 6) is -0.310. The van der Waals surface area contributed by atoms with E-state index in [1.165, 1.54) is 16.7 Å². The van der Waals surface area contributed by atoms with E-state index in [0.717, 1.165) is 20.9 Å². The predicted octanol–water partition coefficient (Wildman–Crippen LogP) is 5.81. The minimum absolute atomic E-state index is 0.310. The summed E-state index contributed by atoms with van der Waals surface area (Å²) in [5.41, 5.74) is 1.72. The molecule has 2 N–H and O–H groups in total. The Labute approximate surface area is 182 Å². The average molecular weight is 478 g/mol. The summed E-state index contributed by atoms with van der Waals surface area (Å²) >= 11 is 8.80. The second-order valence-corrected chi connectivity index (χ2v) is 8.80. The van der Waals surface area contributed by atoms with Gasteiger partial charge in [0, 0.05) is 28.3 Å². The summed E-state index contributed by atoms with van der Waals surface area (Å²) in [6, 6.07) is 11.6. The van der Waals surface area contributed by atoms with Gasteiger partial charge in [-0.15, -0.1) is 0 Å². The van der Waals surface area contributed by atoms with Gasteiger partial charge in [0.05, 0.1) is 5.52 Å². The fourth-order valence-corrected chi connectivity index (χ4v) is 3.31. The molecule has 3 aromatic rings. The molecule has 0 fully saturated rings. The highest BCUT2D eigenvalue weighted by Crippen LogP contribution is 2.26. The lowest BCUT2D eigenvalue weighted by Crippen LogP contribution is -2.28. The van der Waals surface area contributed by atoms with Gasteiger partial charge in [-0.05, 0) is 81.0 Å². The molecule has 3 rings (SSSR count). The molecule has 152 valence electrons. The van der Waals surface area contributed by atoms with E-state index in [2.05, 4.69) is 26.6 Å². The number of nitrogens with one attached hydrogen (secondary N) is 2. The highest BCUT2D eigenvalue weighted by Gasteiger charge is 2.21. The maximum Gasteiger partial charge on any atom is 0.419 e. The number of anilines is 1. The third-order valence-corrected chi connectivity index (χ3v) is 4.72. The molecule has 0 aliphatic heterocycles.